The van der Waals surface area contributed by atoms with Crippen LogP contribution in [-0.4, -0.2) is 17.3 Å². The van der Waals surface area contributed by atoms with Gasteiger partial charge in [0.2, 0.25) is 0 Å². The van der Waals surface area contributed by atoms with Crippen molar-refractivity contribution in [1.29, 1.82) is 0 Å². The second kappa shape index (κ2) is 11.3. The highest BCUT2D eigenvalue weighted by Gasteiger charge is 2.37. The van der Waals surface area contributed by atoms with Gasteiger partial charge in [-0.25, -0.2) is 0 Å². The summed E-state index contributed by atoms with van der Waals surface area (Å²) in [5.74, 6) is 1.30. The molecule has 0 bridgehead atoms. The summed E-state index contributed by atoms with van der Waals surface area (Å²) >= 11 is 0. The Kier molecular flexibility index (Phi) is 8.13. The number of benzene rings is 2. The van der Waals surface area contributed by atoms with E-state index >= 15 is 0 Å². The summed E-state index contributed by atoms with van der Waals surface area (Å²) < 4.78 is 0. The van der Waals surface area contributed by atoms with Gasteiger partial charge in [0.25, 0.3) is 0 Å². The van der Waals surface area contributed by atoms with Crippen molar-refractivity contribution < 1.29 is 14.4 Å². The Balaban J connectivity index is 1.56. The average molecular weight is 459 g/mol. The van der Waals surface area contributed by atoms with Gasteiger partial charge in [-0.15, -0.1) is 0 Å². The molecule has 2 fully saturated rings. The molecule has 0 N–H and O–H groups in total. The Hall–Kier alpha value is -2.55. The maximum atomic E-state index is 13.6. The van der Waals surface area contributed by atoms with Crippen molar-refractivity contribution in [3.63, 3.8) is 0 Å². The Morgan fingerprint density at radius 3 is 1.41 bits per heavy atom. The first-order chi connectivity index (χ1) is 16.4. The molecule has 2 saturated carbocycles. The molecule has 2 aliphatic carbocycles. The van der Waals surface area contributed by atoms with Gasteiger partial charge in [-0.2, -0.15) is 0 Å². The second-order valence-electron chi connectivity index (χ2n) is 10.9. The number of hydrogen-bond acceptors (Lipinski definition) is 3. The van der Waals surface area contributed by atoms with E-state index in [1.807, 2.05) is 36.4 Å². The molecule has 4 rings (SSSR count). The van der Waals surface area contributed by atoms with Gasteiger partial charge in [0.05, 0.1) is 0 Å². The first-order valence-electron chi connectivity index (χ1n) is 13.1. The lowest BCUT2D eigenvalue weighted by Gasteiger charge is -2.33. The first kappa shape index (κ1) is 24.6. The highest BCUT2D eigenvalue weighted by molar-refractivity contribution is 5.87. The van der Waals surface area contributed by atoms with Crippen LogP contribution in [0.2, 0.25) is 0 Å². The fourth-order valence-corrected chi connectivity index (χ4v) is 6.25. The highest BCUT2D eigenvalue weighted by atomic mass is 16.1. The van der Waals surface area contributed by atoms with Crippen LogP contribution in [0.25, 0.3) is 0 Å². The SMILES string of the molecule is CC1CCC(C(CC(=O)CC(c2ccccc2)C2CCC(C)CC2=O)c2ccccc2)C(=O)C1. The van der Waals surface area contributed by atoms with E-state index in [9.17, 15) is 14.4 Å². The molecule has 2 aromatic rings. The van der Waals surface area contributed by atoms with Crippen LogP contribution in [-0.2, 0) is 14.4 Å². The number of ketones is 3. The van der Waals surface area contributed by atoms with E-state index in [1.54, 1.807) is 0 Å². The summed E-state index contributed by atoms with van der Waals surface area (Å²) in [7, 11) is 0. The predicted molar refractivity (Wildman–Crippen MR) is 136 cm³/mol. The van der Waals surface area contributed by atoms with Crippen LogP contribution in [0.5, 0.6) is 0 Å². The fraction of sp³-hybridized carbons (Fsp3) is 0.516. The van der Waals surface area contributed by atoms with Crippen molar-refractivity contribution in [3.8, 4) is 0 Å². The minimum atomic E-state index is -0.0881. The second-order valence-corrected chi connectivity index (χ2v) is 10.9. The summed E-state index contributed by atoms with van der Waals surface area (Å²) in [5.41, 5.74) is 2.17. The van der Waals surface area contributed by atoms with Crippen molar-refractivity contribution in [3.05, 3.63) is 71.8 Å². The minimum Gasteiger partial charge on any atom is -0.300 e. The van der Waals surface area contributed by atoms with E-state index in [1.165, 1.54) is 0 Å². The van der Waals surface area contributed by atoms with E-state index in [4.69, 9.17) is 0 Å². The monoisotopic (exact) mass is 458 g/mol. The van der Waals surface area contributed by atoms with Crippen molar-refractivity contribution >= 4 is 17.3 Å². The van der Waals surface area contributed by atoms with Gasteiger partial charge >= 0.3 is 0 Å². The number of hydrogen-bond donors (Lipinski definition) is 0. The quantitative estimate of drug-likeness (QED) is 0.432. The Morgan fingerprint density at radius 2 is 1.06 bits per heavy atom. The average Bonchev–Trinajstić information content (AvgIpc) is 2.83. The van der Waals surface area contributed by atoms with E-state index in [2.05, 4.69) is 38.1 Å². The zero-order valence-electron chi connectivity index (χ0n) is 20.6. The molecule has 6 atom stereocenters. The summed E-state index contributed by atoms with van der Waals surface area (Å²) in [4.78, 5) is 39.6. The smallest absolute Gasteiger partial charge is 0.136 e. The van der Waals surface area contributed by atoms with E-state index in [-0.39, 0.29) is 29.5 Å². The summed E-state index contributed by atoms with van der Waals surface area (Å²) in [5, 5.41) is 0. The maximum absolute atomic E-state index is 13.6. The number of carbonyl (C=O) groups excluding carboxylic acids is 3. The Bertz CT molecular complexity index is 901. The fourth-order valence-electron chi connectivity index (χ4n) is 6.25. The Morgan fingerprint density at radius 1 is 0.676 bits per heavy atom. The van der Waals surface area contributed by atoms with Crippen LogP contribution in [0.4, 0.5) is 0 Å². The molecule has 0 aliphatic heterocycles. The third kappa shape index (κ3) is 5.92. The number of rotatable bonds is 8. The first-order valence-corrected chi connectivity index (χ1v) is 13.1. The molecule has 0 spiro atoms. The van der Waals surface area contributed by atoms with Crippen LogP contribution in [0, 0.1) is 23.7 Å². The van der Waals surface area contributed by atoms with Crippen LogP contribution in [0.15, 0.2) is 60.7 Å². The van der Waals surface area contributed by atoms with Gasteiger partial charge in [-0.3, -0.25) is 14.4 Å². The van der Waals surface area contributed by atoms with Gasteiger partial charge < -0.3 is 0 Å². The van der Waals surface area contributed by atoms with Crippen LogP contribution in [0.1, 0.15) is 88.2 Å². The summed E-state index contributed by atoms with van der Waals surface area (Å²) in [6.45, 7) is 4.28. The summed E-state index contributed by atoms with van der Waals surface area (Å²) in [6.07, 6.45) is 5.75. The standard InChI is InChI=1S/C31H38O3/c1-21-13-15-26(30(33)17-21)28(23-9-5-3-6-10-23)19-25(32)20-29(24-11-7-4-8-12-24)27-16-14-22(2)18-31(27)34/h3-12,21-22,26-29H,13-20H2,1-2H3. The van der Waals surface area contributed by atoms with E-state index in [0.717, 1.165) is 36.8 Å². The van der Waals surface area contributed by atoms with Crippen LogP contribution < -0.4 is 0 Å². The van der Waals surface area contributed by atoms with Gasteiger partial charge in [0, 0.05) is 49.4 Å². The van der Waals surface area contributed by atoms with Crippen LogP contribution in [0.3, 0.4) is 0 Å². The van der Waals surface area contributed by atoms with E-state index < -0.39 is 0 Å². The summed E-state index contributed by atoms with van der Waals surface area (Å²) in [6, 6.07) is 20.2. The molecule has 0 aromatic heterocycles. The third-order valence-corrected chi connectivity index (χ3v) is 8.19. The molecular weight excluding hydrogens is 420 g/mol. The van der Waals surface area contributed by atoms with E-state index in [0.29, 0.717) is 49.1 Å². The number of Topliss-reactive ketones (excluding diaryl/α,β-unsaturated/α-hetero) is 3. The molecule has 0 saturated heterocycles. The van der Waals surface area contributed by atoms with Gasteiger partial charge in [-0.05, 0) is 48.6 Å². The molecule has 3 nitrogen and oxygen atoms in total. The van der Waals surface area contributed by atoms with Crippen molar-refractivity contribution in [2.45, 2.75) is 77.0 Å². The largest absolute Gasteiger partial charge is 0.300 e. The number of carbonyl (C=O) groups is 3. The van der Waals surface area contributed by atoms with Crippen molar-refractivity contribution in [1.82, 2.24) is 0 Å². The van der Waals surface area contributed by atoms with Crippen molar-refractivity contribution in [2.24, 2.45) is 23.7 Å². The lowest BCUT2D eigenvalue weighted by molar-refractivity contribution is -0.127. The molecule has 0 radical (unpaired) electrons. The molecule has 2 aliphatic rings. The molecule has 0 amide bonds. The van der Waals surface area contributed by atoms with Crippen molar-refractivity contribution in [2.75, 3.05) is 0 Å². The molecular formula is C31H38O3. The minimum absolute atomic E-state index is 0.0767. The lowest BCUT2D eigenvalue weighted by Crippen LogP contribution is -2.32. The third-order valence-electron chi connectivity index (χ3n) is 8.19. The molecule has 34 heavy (non-hydrogen) atoms. The van der Waals surface area contributed by atoms with Crippen LogP contribution >= 0.6 is 0 Å². The zero-order chi connectivity index (χ0) is 24.1. The Labute approximate surface area is 204 Å². The molecule has 0 heterocycles. The molecule has 3 heteroatoms. The highest BCUT2D eigenvalue weighted by Crippen LogP contribution is 2.41. The molecule has 6 unspecified atom stereocenters. The normalized spacial score (nSPS) is 27.2. The molecule has 2 aromatic carbocycles. The van der Waals surface area contributed by atoms with Gasteiger partial charge in [0.15, 0.2) is 0 Å². The van der Waals surface area contributed by atoms with Gasteiger partial charge in [0.1, 0.15) is 17.3 Å². The zero-order valence-corrected chi connectivity index (χ0v) is 20.6. The lowest BCUT2D eigenvalue weighted by atomic mass is 9.69. The van der Waals surface area contributed by atoms with Gasteiger partial charge in [-0.1, -0.05) is 74.5 Å². The molecule has 180 valence electrons. The maximum Gasteiger partial charge on any atom is 0.136 e. The predicted octanol–water partition coefficient (Wildman–Crippen LogP) is 6.91. The topological polar surface area (TPSA) is 51.2 Å².